The topological polar surface area (TPSA) is 79.2 Å². The molecule has 0 bridgehead atoms. The quantitative estimate of drug-likeness (QED) is 0.286. The van der Waals surface area contributed by atoms with Crippen molar-refractivity contribution in [1.29, 1.82) is 0 Å². The van der Waals surface area contributed by atoms with E-state index in [0.717, 1.165) is 39.0 Å². The van der Waals surface area contributed by atoms with E-state index in [1.54, 1.807) is 65.0 Å². The van der Waals surface area contributed by atoms with E-state index in [9.17, 15) is 4.79 Å². The number of benzene rings is 3. The van der Waals surface area contributed by atoms with Gasteiger partial charge in [0.05, 0.1) is 34.7 Å². The number of fused-ring (bicyclic) bond motifs is 1. The number of allylic oxidation sites excluding steroid dienone is 1. The molecule has 0 radical (unpaired) electrons. The lowest BCUT2D eigenvalue weighted by molar-refractivity contribution is -0.111. The molecule has 0 atom stereocenters. The SMILES string of the molecule is COc1ccc(NC(=O)/C=C(\C)c2cc3c(-c4cc(OC)ccc4OC)coc3c(C)c2OC)cc1. The van der Waals surface area contributed by atoms with Crippen molar-refractivity contribution in [2.24, 2.45) is 0 Å². The molecule has 1 aromatic heterocycles. The number of hydrogen-bond donors (Lipinski definition) is 1. The minimum Gasteiger partial charge on any atom is -0.497 e. The molecule has 0 aliphatic heterocycles. The van der Waals surface area contributed by atoms with E-state index in [-0.39, 0.29) is 5.91 Å². The summed E-state index contributed by atoms with van der Waals surface area (Å²) in [6.07, 6.45) is 3.26. The first kappa shape index (κ1) is 24.7. The van der Waals surface area contributed by atoms with E-state index in [2.05, 4.69) is 5.32 Å². The summed E-state index contributed by atoms with van der Waals surface area (Å²) in [6.45, 7) is 3.81. The van der Waals surface area contributed by atoms with Gasteiger partial charge in [0.25, 0.3) is 0 Å². The average molecular weight is 488 g/mol. The van der Waals surface area contributed by atoms with Gasteiger partial charge in [0, 0.05) is 39.4 Å². The predicted molar refractivity (Wildman–Crippen MR) is 141 cm³/mol. The van der Waals surface area contributed by atoms with Gasteiger partial charge in [0.15, 0.2) is 0 Å². The van der Waals surface area contributed by atoms with Gasteiger partial charge in [-0.05, 0) is 68.0 Å². The molecule has 0 aliphatic carbocycles. The summed E-state index contributed by atoms with van der Waals surface area (Å²) in [5, 5.41) is 3.76. The Bertz CT molecular complexity index is 1430. The van der Waals surface area contributed by atoms with E-state index in [0.29, 0.717) is 28.5 Å². The highest BCUT2D eigenvalue weighted by Gasteiger charge is 2.20. The minimum absolute atomic E-state index is 0.251. The number of aryl methyl sites for hydroxylation is 1. The number of methoxy groups -OCH3 is 4. The second-order valence-corrected chi connectivity index (χ2v) is 8.22. The van der Waals surface area contributed by atoms with E-state index in [4.69, 9.17) is 23.4 Å². The van der Waals surface area contributed by atoms with Gasteiger partial charge < -0.3 is 28.7 Å². The molecule has 1 amide bonds. The summed E-state index contributed by atoms with van der Waals surface area (Å²) in [7, 11) is 6.46. The molecule has 4 rings (SSSR count). The number of rotatable bonds is 8. The van der Waals surface area contributed by atoms with Crippen LogP contribution >= 0.6 is 0 Å². The average Bonchev–Trinajstić information content (AvgIpc) is 3.32. The Hall–Kier alpha value is -4.39. The molecule has 0 aliphatic rings. The molecule has 1 N–H and O–H groups in total. The molecule has 7 nitrogen and oxygen atoms in total. The summed E-state index contributed by atoms with van der Waals surface area (Å²) >= 11 is 0. The molecule has 0 spiro atoms. The lowest BCUT2D eigenvalue weighted by Crippen LogP contribution is -2.08. The first-order valence-corrected chi connectivity index (χ1v) is 11.3. The van der Waals surface area contributed by atoms with Crippen molar-refractivity contribution in [1.82, 2.24) is 0 Å². The maximum Gasteiger partial charge on any atom is 0.248 e. The molecule has 0 saturated carbocycles. The normalized spacial score (nSPS) is 11.3. The lowest BCUT2D eigenvalue weighted by Gasteiger charge is -2.14. The molecule has 7 heteroatoms. The first-order valence-electron chi connectivity index (χ1n) is 11.3. The van der Waals surface area contributed by atoms with E-state index in [1.807, 2.05) is 38.1 Å². The second kappa shape index (κ2) is 10.5. The van der Waals surface area contributed by atoms with Crippen molar-refractivity contribution in [2.75, 3.05) is 33.8 Å². The van der Waals surface area contributed by atoms with Gasteiger partial charge in [-0.3, -0.25) is 4.79 Å². The highest BCUT2D eigenvalue weighted by molar-refractivity contribution is 6.06. The fourth-order valence-electron chi connectivity index (χ4n) is 4.23. The van der Waals surface area contributed by atoms with E-state index >= 15 is 0 Å². The third-order valence-electron chi connectivity index (χ3n) is 6.07. The number of carbonyl (C=O) groups excluding carboxylic acids is 1. The van der Waals surface area contributed by atoms with Gasteiger partial charge in [-0.15, -0.1) is 0 Å². The Morgan fingerprint density at radius 1 is 0.861 bits per heavy atom. The second-order valence-electron chi connectivity index (χ2n) is 8.22. The number of nitrogens with one attached hydrogen (secondary N) is 1. The summed E-state index contributed by atoms with van der Waals surface area (Å²) in [6, 6.07) is 14.8. The fourth-order valence-corrected chi connectivity index (χ4v) is 4.23. The van der Waals surface area contributed by atoms with Gasteiger partial charge in [-0.1, -0.05) is 0 Å². The summed E-state index contributed by atoms with van der Waals surface area (Å²) < 4.78 is 27.9. The van der Waals surface area contributed by atoms with E-state index < -0.39 is 0 Å². The first-order chi connectivity index (χ1) is 17.4. The Labute approximate surface area is 210 Å². The summed E-state index contributed by atoms with van der Waals surface area (Å²) in [5.74, 6) is 2.51. The van der Waals surface area contributed by atoms with Crippen molar-refractivity contribution in [3.63, 3.8) is 0 Å². The Balaban J connectivity index is 1.77. The predicted octanol–water partition coefficient (Wildman–Crippen LogP) is 6.48. The van der Waals surface area contributed by atoms with Crippen LogP contribution in [-0.2, 0) is 4.79 Å². The zero-order valence-corrected chi connectivity index (χ0v) is 21.2. The number of anilines is 1. The monoisotopic (exact) mass is 487 g/mol. The Morgan fingerprint density at radius 2 is 1.56 bits per heavy atom. The maximum atomic E-state index is 12.8. The number of carbonyl (C=O) groups is 1. The van der Waals surface area contributed by atoms with Crippen LogP contribution in [0, 0.1) is 6.92 Å². The van der Waals surface area contributed by atoms with Crippen LogP contribution in [0.5, 0.6) is 23.0 Å². The molecular weight excluding hydrogens is 458 g/mol. The van der Waals surface area contributed by atoms with Crippen LogP contribution in [0.15, 0.2) is 65.3 Å². The molecule has 0 saturated heterocycles. The van der Waals surface area contributed by atoms with Crippen molar-refractivity contribution < 1.29 is 28.2 Å². The van der Waals surface area contributed by atoms with Crippen molar-refractivity contribution in [3.8, 4) is 34.1 Å². The fraction of sp³-hybridized carbons (Fsp3) is 0.207. The largest absolute Gasteiger partial charge is 0.497 e. The lowest BCUT2D eigenvalue weighted by atomic mass is 9.96. The number of amides is 1. The molecule has 0 fully saturated rings. The third-order valence-corrected chi connectivity index (χ3v) is 6.07. The van der Waals surface area contributed by atoms with Crippen LogP contribution < -0.4 is 24.3 Å². The van der Waals surface area contributed by atoms with Crippen molar-refractivity contribution >= 4 is 28.1 Å². The van der Waals surface area contributed by atoms with Crippen LogP contribution in [0.2, 0.25) is 0 Å². The molecule has 0 unspecified atom stereocenters. The van der Waals surface area contributed by atoms with Crippen LogP contribution in [0.4, 0.5) is 5.69 Å². The standard InChI is InChI=1S/C29H29NO6/c1-17(13-27(31)30-19-7-9-20(32-3)10-8-19)22-15-24-25(16-36-29(24)18(2)28(22)35-6)23-14-21(33-4)11-12-26(23)34-5/h7-16H,1-6H3,(H,30,31)/b17-13+. The van der Waals surface area contributed by atoms with Gasteiger partial charge in [-0.2, -0.15) is 0 Å². The summed E-state index contributed by atoms with van der Waals surface area (Å²) in [4.78, 5) is 12.8. The van der Waals surface area contributed by atoms with Crippen LogP contribution in [0.25, 0.3) is 27.7 Å². The molecule has 4 aromatic rings. The molecule has 36 heavy (non-hydrogen) atoms. The molecular formula is C29H29NO6. The highest BCUT2D eigenvalue weighted by Crippen LogP contribution is 2.43. The number of furan rings is 1. The van der Waals surface area contributed by atoms with Gasteiger partial charge in [-0.25, -0.2) is 0 Å². The Morgan fingerprint density at radius 3 is 2.19 bits per heavy atom. The third kappa shape index (κ3) is 4.73. The maximum absolute atomic E-state index is 12.8. The van der Waals surface area contributed by atoms with E-state index in [1.165, 1.54) is 0 Å². The van der Waals surface area contributed by atoms with Crippen LogP contribution in [0.3, 0.4) is 0 Å². The molecule has 1 heterocycles. The van der Waals surface area contributed by atoms with Gasteiger partial charge in [0.1, 0.15) is 28.6 Å². The van der Waals surface area contributed by atoms with Crippen LogP contribution in [-0.4, -0.2) is 34.3 Å². The van der Waals surface area contributed by atoms with Crippen molar-refractivity contribution in [3.05, 3.63) is 72.0 Å². The minimum atomic E-state index is -0.251. The number of hydrogen-bond acceptors (Lipinski definition) is 6. The smallest absolute Gasteiger partial charge is 0.248 e. The molecule has 3 aromatic carbocycles. The molecule has 186 valence electrons. The zero-order chi connectivity index (χ0) is 25.8. The highest BCUT2D eigenvalue weighted by atomic mass is 16.5. The van der Waals surface area contributed by atoms with Gasteiger partial charge >= 0.3 is 0 Å². The van der Waals surface area contributed by atoms with Gasteiger partial charge in [0.2, 0.25) is 5.91 Å². The summed E-state index contributed by atoms with van der Waals surface area (Å²) in [5.41, 5.74) is 5.43. The Kier molecular flexibility index (Phi) is 7.20. The number of ether oxygens (including phenoxy) is 4. The zero-order valence-electron chi connectivity index (χ0n) is 21.2. The van der Waals surface area contributed by atoms with Crippen LogP contribution in [0.1, 0.15) is 18.1 Å². The van der Waals surface area contributed by atoms with Crippen molar-refractivity contribution in [2.45, 2.75) is 13.8 Å².